The van der Waals surface area contributed by atoms with Gasteiger partial charge in [-0.3, -0.25) is 0 Å². The second kappa shape index (κ2) is 13.4. The molecule has 0 amide bonds. The number of aryl methyl sites for hydroxylation is 1. The zero-order chi connectivity index (χ0) is 46.3. The average molecular weight is 863 g/mol. The van der Waals surface area contributed by atoms with Crippen molar-refractivity contribution in [3.63, 3.8) is 0 Å². The lowest BCUT2D eigenvalue weighted by atomic mass is 9.35. The van der Waals surface area contributed by atoms with Gasteiger partial charge in [0.15, 0.2) is 0 Å². The van der Waals surface area contributed by atoms with Crippen LogP contribution in [-0.2, 0) is 27.1 Å². The molecule has 4 heteroatoms. The molecule has 4 aromatic carbocycles. The van der Waals surface area contributed by atoms with Crippen molar-refractivity contribution in [2.45, 2.75) is 189 Å². The van der Waals surface area contributed by atoms with Crippen LogP contribution in [0.4, 0.5) is 28.4 Å². The first kappa shape index (κ1) is 43.2. The third-order valence-corrected chi connectivity index (χ3v) is 18.3. The molecule has 0 bridgehead atoms. The summed E-state index contributed by atoms with van der Waals surface area (Å²) in [7, 11) is 0. The molecule has 6 aliphatic rings. The van der Waals surface area contributed by atoms with E-state index in [1.807, 2.05) is 0 Å². The van der Waals surface area contributed by atoms with Gasteiger partial charge in [-0.25, -0.2) is 0 Å². The molecule has 11 rings (SSSR count). The van der Waals surface area contributed by atoms with Gasteiger partial charge >= 0.3 is 0 Å². The van der Waals surface area contributed by atoms with Gasteiger partial charge in [-0.2, -0.15) is 0 Å². The number of fused-ring (bicyclic) bond motifs is 8. The van der Waals surface area contributed by atoms with Crippen LogP contribution >= 0.6 is 0 Å². The number of furan rings is 1. The average Bonchev–Trinajstić information content (AvgIpc) is 3.60. The zero-order valence-electron chi connectivity index (χ0n) is 42.8. The molecule has 3 heterocycles. The van der Waals surface area contributed by atoms with Crippen LogP contribution in [0.1, 0.15) is 182 Å². The van der Waals surface area contributed by atoms with Crippen LogP contribution in [0.2, 0.25) is 0 Å². The maximum atomic E-state index is 7.69. The molecular weight excluding hydrogens is 787 g/mol. The summed E-state index contributed by atoms with van der Waals surface area (Å²) in [6.45, 7) is 38.9. The van der Waals surface area contributed by atoms with Gasteiger partial charge in [0, 0.05) is 28.1 Å². The van der Waals surface area contributed by atoms with Gasteiger partial charge in [-0.15, -0.1) is 0 Å². The quantitative estimate of drug-likeness (QED) is 0.162. The highest BCUT2D eigenvalue weighted by Crippen LogP contribution is 2.56. The molecule has 2 aliphatic heterocycles. The fourth-order valence-electron chi connectivity index (χ4n) is 13.6. The summed E-state index contributed by atoms with van der Waals surface area (Å²) in [5.41, 5.74) is 23.8. The molecule has 65 heavy (non-hydrogen) atoms. The van der Waals surface area contributed by atoms with Crippen LogP contribution in [0.15, 0.2) is 88.4 Å². The molecule has 0 spiro atoms. The molecule has 3 nitrogen and oxygen atoms in total. The van der Waals surface area contributed by atoms with Crippen LogP contribution in [0.5, 0.6) is 0 Å². The van der Waals surface area contributed by atoms with Gasteiger partial charge in [-0.05, 0) is 182 Å². The molecule has 338 valence electrons. The molecule has 5 aromatic rings. The van der Waals surface area contributed by atoms with Crippen LogP contribution < -0.4 is 26.4 Å². The number of nitrogens with zero attached hydrogens (tertiary/aromatic N) is 2. The Morgan fingerprint density at radius 2 is 1.14 bits per heavy atom. The Bertz CT molecular complexity index is 2920. The second-order valence-corrected chi connectivity index (χ2v) is 26.6. The number of allylic oxidation sites excluding steroid dienone is 2. The number of benzene rings is 4. The van der Waals surface area contributed by atoms with Crippen molar-refractivity contribution in [3.05, 3.63) is 117 Å². The molecule has 1 atom stereocenters. The van der Waals surface area contributed by atoms with E-state index in [0.29, 0.717) is 0 Å². The highest BCUT2D eigenvalue weighted by atomic mass is 16.3. The first-order valence-corrected chi connectivity index (χ1v) is 25.3. The first-order valence-electron chi connectivity index (χ1n) is 25.3. The van der Waals surface area contributed by atoms with Gasteiger partial charge in [-0.1, -0.05) is 140 Å². The van der Waals surface area contributed by atoms with E-state index < -0.39 is 0 Å². The van der Waals surface area contributed by atoms with E-state index in [1.165, 1.54) is 117 Å². The van der Waals surface area contributed by atoms with Gasteiger partial charge in [0.05, 0.1) is 17.4 Å². The zero-order valence-corrected chi connectivity index (χ0v) is 42.8. The minimum Gasteiger partial charge on any atom is -0.468 e. The van der Waals surface area contributed by atoms with Crippen molar-refractivity contribution < 1.29 is 4.42 Å². The maximum absolute atomic E-state index is 7.69. The molecule has 0 saturated carbocycles. The van der Waals surface area contributed by atoms with E-state index in [1.54, 1.807) is 11.1 Å². The molecule has 1 unspecified atom stereocenters. The van der Waals surface area contributed by atoms with Crippen molar-refractivity contribution in [1.82, 2.24) is 0 Å². The number of anilines is 5. The van der Waals surface area contributed by atoms with E-state index in [4.69, 9.17) is 4.42 Å². The van der Waals surface area contributed by atoms with Crippen LogP contribution in [0.25, 0.3) is 11.0 Å². The lowest BCUT2D eigenvalue weighted by molar-refractivity contribution is 0.256. The fraction of sp³-hybridized carbons (Fsp3) is 0.508. The van der Waals surface area contributed by atoms with Crippen molar-refractivity contribution in [2.24, 2.45) is 10.8 Å². The third kappa shape index (κ3) is 6.26. The van der Waals surface area contributed by atoms with Crippen molar-refractivity contribution in [1.29, 1.82) is 0 Å². The smallest absolute Gasteiger partial charge is 0.297 e. The number of hydrogen-bond acceptors (Lipinski definition) is 3. The summed E-state index contributed by atoms with van der Waals surface area (Å²) in [6, 6.07) is 25.0. The highest BCUT2D eigenvalue weighted by Gasteiger charge is 2.51. The van der Waals surface area contributed by atoms with Crippen LogP contribution in [0.3, 0.4) is 0 Å². The Balaban J connectivity index is 1.24. The molecule has 0 N–H and O–H groups in total. The lowest BCUT2D eigenvalue weighted by Gasteiger charge is -2.49. The topological polar surface area (TPSA) is 19.6 Å². The maximum Gasteiger partial charge on any atom is 0.297 e. The molecule has 1 aromatic heterocycles. The van der Waals surface area contributed by atoms with Gasteiger partial charge in [0.2, 0.25) is 0 Å². The second-order valence-electron chi connectivity index (χ2n) is 26.6. The largest absolute Gasteiger partial charge is 0.468 e. The third-order valence-electron chi connectivity index (χ3n) is 18.3. The molecule has 0 fully saturated rings. The van der Waals surface area contributed by atoms with Crippen LogP contribution in [0, 0.1) is 17.8 Å². The van der Waals surface area contributed by atoms with Crippen LogP contribution in [-0.4, -0.2) is 12.8 Å². The standard InChI is InChI=1S/C61H75BN2O/c1-36-29-49-52-50(30-36)64(39-21-22-41-42(31-39)57(7,8)24-23-56(41,5)6)53-40-32-43-46(61(15,16)28-25-58(43,9)10)35-51(40)65-54(53)62(52)47-33-44-45(60(13,14)27-26-59(44,11)12)34-48(47)63(49)38-19-17-37(18-20-38)55(2,3)4/h17-22,29-30,32-35,39H,23-28,31H2,1-16H3. The van der Waals surface area contributed by atoms with E-state index in [-0.39, 0.29) is 50.7 Å². The summed E-state index contributed by atoms with van der Waals surface area (Å²) >= 11 is 0. The van der Waals surface area contributed by atoms with Gasteiger partial charge < -0.3 is 14.2 Å². The van der Waals surface area contributed by atoms with Gasteiger partial charge in [0.1, 0.15) is 5.58 Å². The Morgan fingerprint density at radius 1 is 0.600 bits per heavy atom. The summed E-state index contributed by atoms with van der Waals surface area (Å²) in [6.07, 6.45) is 13.3. The molecule has 0 saturated heterocycles. The van der Waals surface area contributed by atoms with Crippen molar-refractivity contribution >= 4 is 62.7 Å². The SMILES string of the molecule is Cc1cc2c3c(c1)N(C1C=CC4=C(C1)C(C)(C)CCC4(C)C)c1c(oc4cc5c(cc14)C(C)(C)CCC5(C)C)B3c1cc3c(cc1N2c1ccc(C(C)(C)C)cc1)C(C)(C)CCC3(C)C. The van der Waals surface area contributed by atoms with E-state index in [0.717, 1.165) is 17.7 Å². The summed E-state index contributed by atoms with van der Waals surface area (Å²) in [4.78, 5) is 5.42. The summed E-state index contributed by atoms with van der Waals surface area (Å²) in [5, 5.41) is 1.27. The molecular formula is C61H75BN2O. The Morgan fingerprint density at radius 3 is 1.75 bits per heavy atom. The Kier molecular flexibility index (Phi) is 8.88. The van der Waals surface area contributed by atoms with Crippen molar-refractivity contribution in [3.8, 4) is 0 Å². The van der Waals surface area contributed by atoms with Crippen molar-refractivity contribution in [2.75, 3.05) is 9.80 Å². The molecule has 0 radical (unpaired) electrons. The Hall–Kier alpha value is -4.44. The van der Waals surface area contributed by atoms with Gasteiger partial charge in [0.25, 0.3) is 6.71 Å². The first-order chi connectivity index (χ1) is 30.2. The monoisotopic (exact) mass is 863 g/mol. The molecule has 4 aliphatic carbocycles. The lowest BCUT2D eigenvalue weighted by Crippen LogP contribution is -2.62. The highest BCUT2D eigenvalue weighted by molar-refractivity contribution is 6.99. The predicted molar refractivity (Wildman–Crippen MR) is 280 cm³/mol. The Labute approximate surface area is 392 Å². The summed E-state index contributed by atoms with van der Waals surface area (Å²) in [5.74, 6) is 0. The minimum atomic E-state index is -0.0593. The fourth-order valence-corrected chi connectivity index (χ4v) is 13.6. The summed E-state index contributed by atoms with van der Waals surface area (Å²) < 4.78 is 7.69. The van der Waals surface area contributed by atoms with E-state index in [2.05, 4.69) is 193 Å². The van der Waals surface area contributed by atoms with E-state index >= 15 is 0 Å². The minimum absolute atomic E-state index is 0.0575. The van der Waals surface area contributed by atoms with E-state index in [9.17, 15) is 0 Å². The predicted octanol–water partition coefficient (Wildman–Crippen LogP) is 15.0. The number of hydrogen-bond donors (Lipinski definition) is 0. The number of rotatable bonds is 2. The normalized spacial score (nSPS) is 23.6.